The molecule has 11 heteroatoms. The Balaban J connectivity index is 1.69. The lowest BCUT2D eigenvalue weighted by atomic mass is 10.1. The summed E-state index contributed by atoms with van der Waals surface area (Å²) in [6, 6.07) is 11.1. The van der Waals surface area contributed by atoms with Gasteiger partial charge in [-0.15, -0.1) is 0 Å². The molecule has 1 atom stereocenters. The first-order valence-electron chi connectivity index (χ1n) is 9.39. The van der Waals surface area contributed by atoms with Crippen molar-refractivity contribution in [1.29, 1.82) is 0 Å². The average molecular weight is 463 g/mol. The Bertz CT molecular complexity index is 1320. The van der Waals surface area contributed by atoms with E-state index >= 15 is 0 Å². The van der Waals surface area contributed by atoms with Gasteiger partial charge in [-0.05, 0) is 30.7 Å². The Kier molecular flexibility index (Phi) is 5.48. The third-order valence-corrected chi connectivity index (χ3v) is 7.45. The molecule has 0 bridgehead atoms. The highest BCUT2D eigenvalue weighted by Gasteiger charge is 2.35. The van der Waals surface area contributed by atoms with Gasteiger partial charge < -0.3 is 21.5 Å². The average Bonchev–Trinajstić information content (AvgIpc) is 3.19. The number of halogens is 1. The molecule has 1 saturated heterocycles. The van der Waals surface area contributed by atoms with Crippen molar-refractivity contribution in [2.75, 3.05) is 23.7 Å². The zero-order valence-corrected chi connectivity index (χ0v) is 17.7. The first kappa shape index (κ1) is 21.3. The van der Waals surface area contributed by atoms with Crippen molar-refractivity contribution >= 4 is 44.4 Å². The van der Waals surface area contributed by atoms with Crippen LogP contribution < -0.4 is 27.2 Å². The van der Waals surface area contributed by atoms with Crippen LogP contribution in [0.4, 0.5) is 22.7 Å². The summed E-state index contributed by atoms with van der Waals surface area (Å²) in [5.74, 6) is -0.647. The molecular formula is C20H19ClN4O5S. The number of nitrogens with two attached hydrogens (primary N) is 1. The van der Waals surface area contributed by atoms with Crippen LogP contribution in [0.25, 0.3) is 0 Å². The molecule has 0 radical (unpaired) electrons. The fourth-order valence-corrected chi connectivity index (χ4v) is 5.53. The van der Waals surface area contributed by atoms with Gasteiger partial charge in [0.05, 0.1) is 10.7 Å². The lowest BCUT2D eigenvalue weighted by molar-refractivity contribution is 0.444. The highest BCUT2D eigenvalue weighted by atomic mass is 35.5. The van der Waals surface area contributed by atoms with Crippen LogP contribution in [0.2, 0.25) is 5.02 Å². The van der Waals surface area contributed by atoms with E-state index in [4.69, 9.17) is 17.3 Å². The van der Waals surface area contributed by atoms with E-state index in [2.05, 4.69) is 10.6 Å². The van der Waals surface area contributed by atoms with Gasteiger partial charge in [0.1, 0.15) is 16.3 Å². The number of rotatable bonds is 6. The fourth-order valence-electron chi connectivity index (χ4n) is 3.42. The number of nitrogens with zero attached hydrogens (tertiary/aromatic N) is 1. The fraction of sp³-hybridized carbons (Fsp3) is 0.200. The van der Waals surface area contributed by atoms with E-state index in [1.54, 1.807) is 30.3 Å². The van der Waals surface area contributed by atoms with Crippen LogP contribution in [0.15, 0.2) is 56.9 Å². The largest absolute Gasteiger partial charge is 0.504 e. The molecule has 0 spiro atoms. The van der Waals surface area contributed by atoms with Gasteiger partial charge in [-0.3, -0.25) is 9.59 Å². The van der Waals surface area contributed by atoms with Gasteiger partial charge >= 0.3 is 0 Å². The maximum absolute atomic E-state index is 13.0. The Hall–Kier alpha value is -2.92. The molecular weight excluding hydrogens is 444 g/mol. The predicted octanol–water partition coefficient (Wildman–Crippen LogP) is 1.85. The Morgan fingerprint density at radius 1 is 1.03 bits per heavy atom. The zero-order valence-electron chi connectivity index (χ0n) is 16.1. The molecule has 0 saturated carbocycles. The van der Waals surface area contributed by atoms with E-state index in [0.717, 1.165) is 4.31 Å². The molecule has 0 aliphatic carbocycles. The summed E-state index contributed by atoms with van der Waals surface area (Å²) in [4.78, 5) is 23.7. The minimum absolute atomic E-state index is 0.0143. The van der Waals surface area contributed by atoms with E-state index in [-0.39, 0.29) is 41.2 Å². The van der Waals surface area contributed by atoms with Crippen LogP contribution in [0.1, 0.15) is 6.42 Å². The Morgan fingerprint density at radius 3 is 2.29 bits per heavy atom. The van der Waals surface area contributed by atoms with Crippen molar-refractivity contribution in [3.05, 3.63) is 67.9 Å². The minimum atomic E-state index is -4.12. The van der Waals surface area contributed by atoms with Crippen LogP contribution in [0.3, 0.4) is 0 Å². The summed E-state index contributed by atoms with van der Waals surface area (Å²) in [7, 11) is -4.12. The van der Waals surface area contributed by atoms with Crippen LogP contribution in [0, 0.1) is 0 Å². The first-order chi connectivity index (χ1) is 14.7. The highest BCUT2D eigenvalue weighted by molar-refractivity contribution is 7.89. The van der Waals surface area contributed by atoms with Crippen molar-refractivity contribution in [3.63, 3.8) is 0 Å². The maximum atomic E-state index is 13.0. The van der Waals surface area contributed by atoms with E-state index in [1.165, 1.54) is 12.1 Å². The molecule has 1 unspecified atom stereocenters. The van der Waals surface area contributed by atoms with E-state index in [9.17, 15) is 23.1 Å². The third kappa shape index (κ3) is 3.79. The molecule has 0 amide bonds. The molecule has 1 heterocycles. The van der Waals surface area contributed by atoms with Gasteiger partial charge in [0.2, 0.25) is 10.0 Å². The van der Waals surface area contributed by atoms with Gasteiger partial charge in [-0.2, -0.15) is 4.31 Å². The van der Waals surface area contributed by atoms with Gasteiger partial charge in [0, 0.05) is 24.8 Å². The van der Waals surface area contributed by atoms with Crippen molar-refractivity contribution in [3.8, 4) is 5.75 Å². The lowest BCUT2D eigenvalue weighted by Crippen LogP contribution is -2.36. The lowest BCUT2D eigenvalue weighted by Gasteiger charge is -2.20. The number of sulfonamides is 1. The van der Waals surface area contributed by atoms with Crippen molar-refractivity contribution in [1.82, 2.24) is 4.31 Å². The topological polar surface area (TPSA) is 142 Å². The second-order valence-electron chi connectivity index (χ2n) is 7.21. The number of anilines is 4. The molecule has 0 aromatic heterocycles. The SMILES string of the molecule is NC1CCN(S(=O)(=O)c2c(Cl)ccc(Nc3c(Nc4ccccc4)c(=O)c3=O)c2O)C1. The molecule has 9 nitrogen and oxygen atoms in total. The summed E-state index contributed by atoms with van der Waals surface area (Å²) in [6.07, 6.45) is 0.494. The summed E-state index contributed by atoms with van der Waals surface area (Å²) in [5, 5.41) is 16.1. The molecule has 162 valence electrons. The van der Waals surface area contributed by atoms with E-state index < -0.39 is 31.5 Å². The predicted molar refractivity (Wildman–Crippen MR) is 119 cm³/mol. The number of nitrogens with one attached hydrogen (secondary N) is 2. The molecule has 31 heavy (non-hydrogen) atoms. The standard InChI is InChI=1S/C20H19ClN4O5S/c21-13-6-7-14(17(26)20(13)31(29,30)25-9-8-11(22)10-25)24-16-15(18(27)19(16)28)23-12-4-2-1-3-5-12/h1-7,11,23-24,26H,8-10,22H2. The Labute approximate surface area is 182 Å². The summed E-state index contributed by atoms with van der Waals surface area (Å²) in [6.45, 7) is 0.319. The number of hydrogen-bond acceptors (Lipinski definition) is 8. The number of phenols is 1. The van der Waals surface area contributed by atoms with Crippen LogP contribution >= 0.6 is 11.6 Å². The molecule has 4 rings (SSSR count). The quantitative estimate of drug-likeness (QED) is 0.321. The number of hydrogen-bond donors (Lipinski definition) is 4. The van der Waals surface area contributed by atoms with Gasteiger partial charge in [-0.25, -0.2) is 8.42 Å². The smallest absolute Gasteiger partial charge is 0.253 e. The second-order valence-corrected chi connectivity index (χ2v) is 9.49. The van der Waals surface area contributed by atoms with E-state index in [1.807, 2.05) is 0 Å². The summed E-state index contributed by atoms with van der Waals surface area (Å²) in [5.41, 5.74) is 4.74. The van der Waals surface area contributed by atoms with E-state index in [0.29, 0.717) is 12.1 Å². The van der Waals surface area contributed by atoms with Crippen molar-refractivity contribution < 1.29 is 13.5 Å². The minimum Gasteiger partial charge on any atom is -0.504 e. The molecule has 1 fully saturated rings. The summed E-state index contributed by atoms with van der Waals surface area (Å²) >= 11 is 6.10. The molecule has 1 aliphatic heterocycles. The summed E-state index contributed by atoms with van der Waals surface area (Å²) < 4.78 is 27.2. The molecule has 1 aliphatic rings. The molecule has 5 N–H and O–H groups in total. The van der Waals surface area contributed by atoms with Crippen LogP contribution in [-0.4, -0.2) is 37.0 Å². The molecule has 3 aromatic carbocycles. The number of benzene rings is 2. The van der Waals surface area contributed by atoms with Crippen molar-refractivity contribution in [2.24, 2.45) is 5.73 Å². The zero-order chi connectivity index (χ0) is 22.3. The van der Waals surface area contributed by atoms with Crippen LogP contribution in [0.5, 0.6) is 5.75 Å². The van der Waals surface area contributed by atoms with Gasteiger partial charge in [0.15, 0.2) is 5.75 Å². The number of aromatic hydroxyl groups is 1. The third-order valence-electron chi connectivity index (χ3n) is 5.08. The van der Waals surface area contributed by atoms with Gasteiger partial charge in [0.25, 0.3) is 10.9 Å². The van der Waals surface area contributed by atoms with Crippen LogP contribution in [-0.2, 0) is 10.0 Å². The number of para-hydroxylation sites is 1. The van der Waals surface area contributed by atoms with Crippen molar-refractivity contribution in [2.45, 2.75) is 17.4 Å². The maximum Gasteiger partial charge on any atom is 0.253 e. The Morgan fingerprint density at radius 2 is 1.68 bits per heavy atom. The molecule has 3 aromatic rings. The first-order valence-corrected chi connectivity index (χ1v) is 11.2. The normalized spacial score (nSPS) is 17.2. The number of phenolic OH excluding ortho intramolecular Hbond substituents is 1. The highest BCUT2D eigenvalue weighted by Crippen LogP contribution is 2.40. The monoisotopic (exact) mass is 462 g/mol. The second kappa shape index (κ2) is 7.97. The van der Waals surface area contributed by atoms with Gasteiger partial charge in [-0.1, -0.05) is 29.8 Å².